The average Bonchev–Trinajstić information content (AvgIpc) is 3.06. The van der Waals surface area contributed by atoms with Gasteiger partial charge < -0.3 is 4.42 Å². The molecule has 0 aliphatic carbocycles. The van der Waals surface area contributed by atoms with E-state index < -0.39 is 0 Å². The number of hydrogen-bond donors (Lipinski definition) is 0. The molecule has 0 saturated carbocycles. The van der Waals surface area contributed by atoms with E-state index in [-0.39, 0.29) is 0 Å². The van der Waals surface area contributed by atoms with Gasteiger partial charge in [0.15, 0.2) is 0 Å². The van der Waals surface area contributed by atoms with E-state index in [0.717, 1.165) is 5.58 Å². The fourth-order valence-electron chi connectivity index (χ4n) is 3.45. The lowest BCUT2D eigenvalue weighted by molar-refractivity contribution is 0.575. The first-order chi connectivity index (χ1) is 11.4. The minimum absolute atomic E-state index is 0.980. The highest BCUT2D eigenvalue weighted by Crippen LogP contribution is 2.27. The van der Waals surface area contributed by atoms with Crippen LogP contribution in [0.3, 0.4) is 0 Å². The molecule has 122 valence electrons. The molecule has 0 bridgehead atoms. The Labute approximate surface area is 139 Å². The summed E-state index contributed by atoms with van der Waals surface area (Å²) in [4.78, 5) is 0. The number of fused-ring (bicyclic) bond motifs is 3. The molecule has 0 radical (unpaired) electrons. The number of aryl methyl sites for hydroxylation is 1. The molecule has 3 rings (SSSR count). The van der Waals surface area contributed by atoms with Crippen molar-refractivity contribution < 1.29 is 4.42 Å². The van der Waals surface area contributed by atoms with Gasteiger partial charge in [-0.05, 0) is 41.3 Å². The average molecular weight is 308 g/mol. The van der Waals surface area contributed by atoms with Gasteiger partial charge in [-0.25, -0.2) is 0 Å². The second-order valence-corrected chi connectivity index (χ2v) is 6.68. The third-order valence-corrected chi connectivity index (χ3v) is 4.83. The van der Waals surface area contributed by atoms with Crippen LogP contribution in [-0.4, -0.2) is 0 Å². The second-order valence-electron chi connectivity index (χ2n) is 6.68. The van der Waals surface area contributed by atoms with Crippen molar-refractivity contribution in [1.82, 2.24) is 0 Å². The molecule has 0 aliphatic heterocycles. The Morgan fingerprint density at radius 2 is 1.52 bits per heavy atom. The zero-order chi connectivity index (χ0) is 15.9. The quantitative estimate of drug-likeness (QED) is 0.379. The molecule has 1 heterocycles. The lowest BCUT2D eigenvalue weighted by atomic mass is 10.00. The molecule has 1 heteroatoms. The molecule has 0 amide bonds. The number of hydrogen-bond acceptors (Lipinski definition) is 1. The topological polar surface area (TPSA) is 13.1 Å². The van der Waals surface area contributed by atoms with Crippen LogP contribution in [0.25, 0.3) is 21.7 Å². The normalized spacial score (nSPS) is 11.5. The predicted octanol–water partition coefficient (Wildman–Crippen LogP) is 7.27. The molecule has 1 aromatic heterocycles. The lowest BCUT2D eigenvalue weighted by Gasteiger charge is -2.05. The first-order valence-electron chi connectivity index (χ1n) is 9.27. The summed E-state index contributed by atoms with van der Waals surface area (Å²) in [6.07, 6.45) is 14.1. The predicted molar refractivity (Wildman–Crippen MR) is 100 cm³/mol. The maximum Gasteiger partial charge on any atom is 0.134 e. The Bertz CT molecular complexity index is 738. The van der Waals surface area contributed by atoms with Gasteiger partial charge in [-0.3, -0.25) is 0 Å². The van der Waals surface area contributed by atoms with Gasteiger partial charge in [0.2, 0.25) is 0 Å². The Morgan fingerprint density at radius 3 is 2.35 bits per heavy atom. The zero-order valence-corrected chi connectivity index (χ0v) is 14.3. The van der Waals surface area contributed by atoms with Crippen molar-refractivity contribution in [2.75, 3.05) is 0 Å². The van der Waals surface area contributed by atoms with Crippen molar-refractivity contribution in [3.05, 3.63) is 48.2 Å². The van der Waals surface area contributed by atoms with E-state index in [9.17, 15) is 0 Å². The van der Waals surface area contributed by atoms with E-state index in [1.54, 1.807) is 6.26 Å². The van der Waals surface area contributed by atoms with Crippen LogP contribution in [0.1, 0.15) is 63.9 Å². The van der Waals surface area contributed by atoms with Crippen LogP contribution in [-0.2, 0) is 6.42 Å². The molecule has 0 spiro atoms. The number of rotatable bonds is 9. The van der Waals surface area contributed by atoms with E-state index in [4.69, 9.17) is 4.42 Å². The van der Waals surface area contributed by atoms with Crippen molar-refractivity contribution in [3.63, 3.8) is 0 Å². The van der Waals surface area contributed by atoms with Gasteiger partial charge in [0, 0.05) is 5.39 Å². The summed E-state index contributed by atoms with van der Waals surface area (Å²) < 4.78 is 5.48. The first kappa shape index (κ1) is 16.1. The monoisotopic (exact) mass is 308 g/mol. The third-order valence-electron chi connectivity index (χ3n) is 4.83. The summed E-state index contributed by atoms with van der Waals surface area (Å²) in [5.41, 5.74) is 2.44. The number of furan rings is 1. The van der Waals surface area contributed by atoms with Gasteiger partial charge in [0.25, 0.3) is 0 Å². The van der Waals surface area contributed by atoms with Crippen molar-refractivity contribution in [2.24, 2.45) is 0 Å². The summed E-state index contributed by atoms with van der Waals surface area (Å²) in [6.45, 7) is 2.28. The molecular formula is C22H28O. The number of unbranched alkanes of at least 4 members (excludes halogenated alkanes) is 7. The lowest BCUT2D eigenvalue weighted by Crippen LogP contribution is -1.87. The summed E-state index contributed by atoms with van der Waals surface area (Å²) >= 11 is 0. The smallest absolute Gasteiger partial charge is 0.134 e. The van der Waals surface area contributed by atoms with Crippen LogP contribution >= 0.6 is 0 Å². The molecule has 1 nitrogen and oxygen atoms in total. The molecule has 0 unspecified atom stereocenters. The molecule has 0 fully saturated rings. The Balaban J connectivity index is 1.50. The third kappa shape index (κ3) is 4.16. The SMILES string of the molecule is CCCCCCCCCCc1ccc2c(ccc3occc32)c1. The van der Waals surface area contributed by atoms with Crippen molar-refractivity contribution in [1.29, 1.82) is 0 Å². The van der Waals surface area contributed by atoms with Gasteiger partial charge >= 0.3 is 0 Å². The second kappa shape index (κ2) is 8.19. The molecule has 23 heavy (non-hydrogen) atoms. The zero-order valence-electron chi connectivity index (χ0n) is 14.3. The van der Waals surface area contributed by atoms with Crippen LogP contribution in [0.5, 0.6) is 0 Å². The van der Waals surface area contributed by atoms with Crippen LogP contribution in [0.2, 0.25) is 0 Å². The highest BCUT2D eigenvalue weighted by Gasteiger charge is 2.03. The fraction of sp³-hybridized carbons (Fsp3) is 0.455. The van der Waals surface area contributed by atoms with Gasteiger partial charge in [0.1, 0.15) is 5.58 Å². The van der Waals surface area contributed by atoms with Crippen molar-refractivity contribution in [3.8, 4) is 0 Å². The van der Waals surface area contributed by atoms with Crippen molar-refractivity contribution in [2.45, 2.75) is 64.7 Å². The standard InChI is InChI=1S/C22H28O/c1-2-3-4-5-6-7-8-9-10-18-11-13-20-19(17-18)12-14-22-21(20)15-16-23-22/h11-17H,2-10H2,1H3. The molecular weight excluding hydrogens is 280 g/mol. The maximum absolute atomic E-state index is 5.48. The van der Waals surface area contributed by atoms with Crippen LogP contribution in [0, 0.1) is 0 Å². The Hall–Kier alpha value is -1.76. The van der Waals surface area contributed by atoms with Gasteiger partial charge in [0.05, 0.1) is 6.26 Å². The van der Waals surface area contributed by atoms with Crippen LogP contribution in [0.4, 0.5) is 0 Å². The van der Waals surface area contributed by atoms with E-state index >= 15 is 0 Å². The fourth-order valence-corrected chi connectivity index (χ4v) is 3.45. The van der Waals surface area contributed by atoms with Crippen LogP contribution < -0.4 is 0 Å². The summed E-state index contributed by atoms with van der Waals surface area (Å²) in [5, 5.41) is 3.85. The van der Waals surface area contributed by atoms with E-state index in [2.05, 4.69) is 43.3 Å². The Kier molecular flexibility index (Phi) is 5.74. The summed E-state index contributed by atoms with van der Waals surface area (Å²) in [6, 6.07) is 13.2. The van der Waals surface area contributed by atoms with Gasteiger partial charge in [-0.15, -0.1) is 0 Å². The van der Waals surface area contributed by atoms with Crippen LogP contribution in [0.15, 0.2) is 47.1 Å². The molecule has 0 saturated heterocycles. The maximum atomic E-state index is 5.48. The molecule has 0 aliphatic rings. The van der Waals surface area contributed by atoms with E-state index in [0.29, 0.717) is 0 Å². The first-order valence-corrected chi connectivity index (χ1v) is 9.27. The highest BCUT2D eigenvalue weighted by atomic mass is 16.3. The minimum Gasteiger partial charge on any atom is -0.464 e. The molecule has 0 atom stereocenters. The highest BCUT2D eigenvalue weighted by molar-refractivity contribution is 6.05. The minimum atomic E-state index is 0.980. The molecule has 3 aromatic rings. The molecule has 0 N–H and O–H groups in total. The molecule has 2 aromatic carbocycles. The van der Waals surface area contributed by atoms with E-state index in [1.807, 2.05) is 0 Å². The number of benzene rings is 2. The summed E-state index contributed by atoms with van der Waals surface area (Å²) in [5.74, 6) is 0. The van der Waals surface area contributed by atoms with Gasteiger partial charge in [-0.2, -0.15) is 0 Å². The summed E-state index contributed by atoms with van der Waals surface area (Å²) in [7, 11) is 0. The Morgan fingerprint density at radius 1 is 0.739 bits per heavy atom. The van der Waals surface area contributed by atoms with E-state index in [1.165, 1.54) is 79.5 Å². The van der Waals surface area contributed by atoms with Gasteiger partial charge in [-0.1, -0.05) is 76.1 Å². The van der Waals surface area contributed by atoms with Crippen molar-refractivity contribution >= 4 is 21.7 Å². The largest absolute Gasteiger partial charge is 0.464 e.